The maximum absolute atomic E-state index is 13.4. The van der Waals surface area contributed by atoms with Crippen LogP contribution < -0.4 is 24.3 Å². The molecule has 0 bridgehead atoms. The monoisotopic (exact) mass is 472 g/mol. The van der Waals surface area contributed by atoms with Gasteiger partial charge in [0.15, 0.2) is 23.0 Å². The highest BCUT2D eigenvalue weighted by Gasteiger charge is 2.28. The molecule has 0 spiro atoms. The molecule has 0 radical (unpaired) electrons. The molecule has 1 atom stereocenters. The van der Waals surface area contributed by atoms with Gasteiger partial charge in [0.05, 0.1) is 0 Å². The van der Waals surface area contributed by atoms with Gasteiger partial charge in [-0.15, -0.1) is 0 Å². The molecule has 35 heavy (non-hydrogen) atoms. The Kier molecular flexibility index (Phi) is 6.26. The van der Waals surface area contributed by atoms with E-state index < -0.39 is 6.04 Å². The van der Waals surface area contributed by atoms with Crippen LogP contribution >= 0.6 is 0 Å². The van der Waals surface area contributed by atoms with Crippen molar-refractivity contribution in [3.05, 3.63) is 83.9 Å². The molecule has 2 amide bonds. The standard InChI is InChI=1S/C27H24N2O6/c1-29(25(30)12-8-18-7-10-22-23(15-18)35-17-34-22)26(19-5-3-2-4-6-19)27(31)28-20-9-11-21-24(16-20)33-14-13-32-21/h2-12,15-16,26H,13-14,17H2,1H3,(H,28,31). The van der Waals surface area contributed by atoms with E-state index in [1.807, 2.05) is 36.4 Å². The summed E-state index contributed by atoms with van der Waals surface area (Å²) >= 11 is 0. The summed E-state index contributed by atoms with van der Waals surface area (Å²) in [5.74, 6) is 1.84. The van der Waals surface area contributed by atoms with Crippen LogP contribution in [0.1, 0.15) is 17.2 Å². The largest absolute Gasteiger partial charge is 0.486 e. The minimum Gasteiger partial charge on any atom is -0.486 e. The molecule has 5 rings (SSSR count). The van der Waals surface area contributed by atoms with Gasteiger partial charge in [0.1, 0.15) is 19.3 Å². The molecule has 2 aliphatic rings. The quantitative estimate of drug-likeness (QED) is 0.545. The average molecular weight is 472 g/mol. The predicted molar refractivity (Wildman–Crippen MR) is 130 cm³/mol. The van der Waals surface area contributed by atoms with Crippen LogP contribution in [-0.2, 0) is 9.59 Å². The van der Waals surface area contributed by atoms with Crippen molar-refractivity contribution in [3.63, 3.8) is 0 Å². The number of anilines is 1. The zero-order chi connectivity index (χ0) is 24.2. The number of amides is 2. The summed E-state index contributed by atoms with van der Waals surface area (Å²) < 4.78 is 21.9. The second-order valence-corrected chi connectivity index (χ2v) is 8.06. The van der Waals surface area contributed by atoms with E-state index in [9.17, 15) is 9.59 Å². The van der Waals surface area contributed by atoms with Crippen LogP contribution in [0.3, 0.4) is 0 Å². The average Bonchev–Trinajstić information content (AvgIpc) is 3.36. The van der Waals surface area contributed by atoms with Crippen molar-refractivity contribution < 1.29 is 28.5 Å². The fourth-order valence-electron chi connectivity index (χ4n) is 3.95. The number of nitrogens with one attached hydrogen (secondary N) is 1. The van der Waals surface area contributed by atoms with Crippen molar-refractivity contribution >= 4 is 23.6 Å². The maximum atomic E-state index is 13.4. The number of rotatable bonds is 6. The Morgan fingerprint density at radius 3 is 2.37 bits per heavy atom. The van der Waals surface area contributed by atoms with Crippen LogP contribution in [0.2, 0.25) is 0 Å². The Morgan fingerprint density at radius 2 is 1.54 bits per heavy atom. The predicted octanol–water partition coefficient (Wildman–Crippen LogP) is 4.04. The van der Waals surface area contributed by atoms with Gasteiger partial charge in [-0.1, -0.05) is 36.4 Å². The van der Waals surface area contributed by atoms with Crippen LogP contribution in [0.4, 0.5) is 5.69 Å². The summed E-state index contributed by atoms with van der Waals surface area (Å²) in [6.45, 7) is 1.12. The highest BCUT2D eigenvalue weighted by Crippen LogP contribution is 2.34. The van der Waals surface area contributed by atoms with E-state index in [1.165, 1.54) is 11.0 Å². The lowest BCUT2D eigenvalue weighted by Gasteiger charge is -2.27. The van der Waals surface area contributed by atoms with Gasteiger partial charge in [-0.25, -0.2) is 0 Å². The van der Waals surface area contributed by atoms with Gasteiger partial charge < -0.3 is 29.2 Å². The van der Waals surface area contributed by atoms with Gasteiger partial charge in [0.2, 0.25) is 12.7 Å². The molecule has 8 heteroatoms. The van der Waals surface area contributed by atoms with E-state index in [1.54, 1.807) is 43.5 Å². The topological polar surface area (TPSA) is 86.3 Å². The van der Waals surface area contributed by atoms with Gasteiger partial charge >= 0.3 is 0 Å². The number of benzene rings is 3. The van der Waals surface area contributed by atoms with Crippen LogP contribution in [-0.4, -0.2) is 43.8 Å². The van der Waals surface area contributed by atoms with Crippen LogP contribution in [0.5, 0.6) is 23.0 Å². The van der Waals surface area contributed by atoms with Crippen LogP contribution in [0, 0.1) is 0 Å². The Morgan fingerprint density at radius 1 is 0.857 bits per heavy atom. The first-order valence-corrected chi connectivity index (χ1v) is 11.2. The third-order valence-corrected chi connectivity index (χ3v) is 5.72. The van der Waals surface area contributed by atoms with Gasteiger partial charge in [-0.3, -0.25) is 9.59 Å². The highest BCUT2D eigenvalue weighted by atomic mass is 16.7. The first-order chi connectivity index (χ1) is 17.1. The fourth-order valence-corrected chi connectivity index (χ4v) is 3.95. The fraction of sp³-hybridized carbons (Fsp3) is 0.185. The Labute approximate surface area is 202 Å². The van der Waals surface area contributed by atoms with E-state index in [4.69, 9.17) is 18.9 Å². The minimum absolute atomic E-state index is 0.182. The normalized spacial score (nSPS) is 14.4. The molecular formula is C27H24N2O6. The number of hydrogen-bond donors (Lipinski definition) is 1. The number of carbonyl (C=O) groups excluding carboxylic acids is 2. The molecule has 0 saturated carbocycles. The van der Waals surface area contributed by atoms with Gasteiger partial charge in [0.25, 0.3) is 5.91 Å². The first kappa shape index (κ1) is 22.3. The van der Waals surface area contributed by atoms with Crippen LogP contribution in [0.25, 0.3) is 6.08 Å². The lowest BCUT2D eigenvalue weighted by molar-refractivity contribution is -0.133. The lowest BCUT2D eigenvalue weighted by atomic mass is 10.0. The molecule has 0 aliphatic carbocycles. The molecule has 1 N–H and O–H groups in total. The van der Waals surface area contributed by atoms with Gasteiger partial charge in [0, 0.05) is 24.9 Å². The molecule has 0 fully saturated rings. The summed E-state index contributed by atoms with van der Waals surface area (Å²) in [6, 6.07) is 19.0. The van der Waals surface area contributed by atoms with Gasteiger partial charge in [-0.05, 0) is 41.5 Å². The summed E-state index contributed by atoms with van der Waals surface area (Å²) in [5.41, 5.74) is 2.03. The highest BCUT2D eigenvalue weighted by molar-refractivity contribution is 6.00. The molecule has 3 aromatic carbocycles. The molecule has 1 unspecified atom stereocenters. The van der Waals surface area contributed by atoms with Crippen molar-refractivity contribution in [2.24, 2.45) is 0 Å². The summed E-state index contributed by atoms with van der Waals surface area (Å²) in [5, 5.41) is 2.91. The molecule has 0 saturated heterocycles. The summed E-state index contributed by atoms with van der Waals surface area (Å²) in [7, 11) is 1.60. The van der Waals surface area contributed by atoms with Crippen molar-refractivity contribution in [2.45, 2.75) is 6.04 Å². The van der Waals surface area contributed by atoms with E-state index in [2.05, 4.69) is 5.32 Å². The molecule has 178 valence electrons. The third-order valence-electron chi connectivity index (χ3n) is 5.72. The van der Waals surface area contributed by atoms with Crippen molar-refractivity contribution in [3.8, 4) is 23.0 Å². The zero-order valence-corrected chi connectivity index (χ0v) is 19.1. The number of nitrogens with zero attached hydrogens (tertiary/aromatic N) is 1. The second-order valence-electron chi connectivity index (χ2n) is 8.06. The molecular weight excluding hydrogens is 448 g/mol. The molecule has 8 nitrogen and oxygen atoms in total. The summed E-state index contributed by atoms with van der Waals surface area (Å²) in [6.07, 6.45) is 3.12. The van der Waals surface area contributed by atoms with Crippen molar-refractivity contribution in [1.29, 1.82) is 0 Å². The number of ether oxygens (including phenoxy) is 4. The number of hydrogen-bond acceptors (Lipinski definition) is 6. The number of fused-ring (bicyclic) bond motifs is 2. The van der Waals surface area contributed by atoms with E-state index in [0.29, 0.717) is 47.5 Å². The van der Waals surface area contributed by atoms with Crippen molar-refractivity contribution in [1.82, 2.24) is 4.90 Å². The Hall–Kier alpha value is -4.46. The molecule has 3 aromatic rings. The molecule has 2 aliphatic heterocycles. The minimum atomic E-state index is -0.849. The first-order valence-electron chi connectivity index (χ1n) is 11.2. The zero-order valence-electron chi connectivity index (χ0n) is 19.1. The van der Waals surface area contributed by atoms with Gasteiger partial charge in [-0.2, -0.15) is 0 Å². The van der Waals surface area contributed by atoms with Crippen molar-refractivity contribution in [2.75, 3.05) is 32.4 Å². The van der Waals surface area contributed by atoms with Crippen LogP contribution in [0.15, 0.2) is 72.8 Å². The summed E-state index contributed by atoms with van der Waals surface area (Å²) in [4.78, 5) is 27.9. The number of likely N-dealkylation sites (N-methyl/N-ethyl adjacent to an activating group) is 1. The number of carbonyl (C=O) groups is 2. The Balaban J connectivity index is 1.35. The van der Waals surface area contributed by atoms with E-state index >= 15 is 0 Å². The lowest BCUT2D eigenvalue weighted by Crippen LogP contribution is -2.37. The Bertz CT molecular complexity index is 1270. The second kappa shape index (κ2) is 9.80. The maximum Gasteiger partial charge on any atom is 0.251 e. The van der Waals surface area contributed by atoms with E-state index in [0.717, 1.165) is 5.56 Å². The molecule has 2 heterocycles. The SMILES string of the molecule is CN(C(=O)C=Cc1ccc2c(c1)OCO2)C(C(=O)Nc1ccc2c(c1)OCCO2)c1ccccc1. The third kappa shape index (κ3) is 4.91. The molecule has 0 aromatic heterocycles. The smallest absolute Gasteiger partial charge is 0.251 e. The van der Waals surface area contributed by atoms with E-state index in [-0.39, 0.29) is 18.6 Å².